The molecule has 0 spiro atoms. The molecule has 0 fully saturated rings. The van der Waals surface area contributed by atoms with E-state index in [1.807, 2.05) is 6.92 Å². The number of unbranched alkanes of at least 4 members (excludes halogenated alkanes) is 4. The molecule has 0 aliphatic carbocycles. The number of rotatable bonds is 12. The first-order valence-electron chi connectivity index (χ1n) is 7.64. The summed E-state index contributed by atoms with van der Waals surface area (Å²) in [7, 11) is 0. The van der Waals surface area contributed by atoms with Gasteiger partial charge in [0.25, 0.3) is 0 Å². The summed E-state index contributed by atoms with van der Waals surface area (Å²) in [6.45, 7) is 4.08. The molecule has 0 bridgehead atoms. The van der Waals surface area contributed by atoms with Crippen molar-refractivity contribution in [1.82, 2.24) is 0 Å². The third-order valence-electron chi connectivity index (χ3n) is 3.68. The molecule has 0 radical (unpaired) electrons. The lowest BCUT2D eigenvalue weighted by molar-refractivity contribution is -0.144. The van der Waals surface area contributed by atoms with E-state index >= 15 is 0 Å². The Bertz CT molecular complexity index is 273. The van der Waals surface area contributed by atoms with Crippen molar-refractivity contribution < 1.29 is 20.1 Å². The van der Waals surface area contributed by atoms with Crippen LogP contribution in [-0.4, -0.2) is 38.4 Å². The van der Waals surface area contributed by atoms with Crippen molar-refractivity contribution in [2.24, 2.45) is 0 Å². The van der Waals surface area contributed by atoms with Crippen LogP contribution >= 0.6 is 11.6 Å². The number of hydrogen-bond donors (Lipinski definition) is 3. The van der Waals surface area contributed by atoms with Gasteiger partial charge in [0.05, 0.1) is 12.5 Å². The highest BCUT2D eigenvalue weighted by molar-refractivity contribution is 6.63. The molecule has 0 amide bonds. The maximum absolute atomic E-state index is 11.1. The molecule has 4 nitrogen and oxygen atoms in total. The first kappa shape index (κ1) is 19.8. The van der Waals surface area contributed by atoms with E-state index in [4.69, 9.17) is 11.6 Å². The number of aliphatic hydroxyl groups excluding tert-OH is 2. The lowest BCUT2D eigenvalue weighted by atomic mass is 9.83. The first-order valence-corrected chi connectivity index (χ1v) is 8.02. The molecule has 0 aromatic carbocycles. The lowest BCUT2D eigenvalue weighted by Crippen LogP contribution is -2.50. The van der Waals surface area contributed by atoms with E-state index in [2.05, 4.69) is 6.92 Å². The smallest absolute Gasteiger partial charge is 0.224 e. The molecular formula is C15H29ClO4. The van der Waals surface area contributed by atoms with Crippen molar-refractivity contribution in [3.8, 4) is 0 Å². The Balaban J connectivity index is 4.59. The van der Waals surface area contributed by atoms with Crippen LogP contribution in [0.3, 0.4) is 0 Å². The van der Waals surface area contributed by atoms with E-state index in [1.165, 1.54) is 0 Å². The van der Waals surface area contributed by atoms with Gasteiger partial charge in [-0.2, -0.15) is 0 Å². The van der Waals surface area contributed by atoms with E-state index in [9.17, 15) is 20.1 Å². The van der Waals surface area contributed by atoms with E-state index < -0.39 is 23.1 Å². The molecule has 0 aliphatic heterocycles. The van der Waals surface area contributed by atoms with Gasteiger partial charge in [-0.3, -0.25) is 4.79 Å². The largest absolute Gasteiger partial charge is 0.390 e. The van der Waals surface area contributed by atoms with Gasteiger partial charge in [0.1, 0.15) is 11.7 Å². The average Bonchev–Trinajstić information content (AvgIpc) is 2.37. The van der Waals surface area contributed by atoms with Crippen molar-refractivity contribution in [1.29, 1.82) is 0 Å². The van der Waals surface area contributed by atoms with Crippen LogP contribution in [0, 0.1) is 0 Å². The van der Waals surface area contributed by atoms with Crippen LogP contribution in [0.25, 0.3) is 0 Å². The number of carbonyl (C=O) groups is 1. The first-order chi connectivity index (χ1) is 9.37. The minimum Gasteiger partial charge on any atom is -0.390 e. The van der Waals surface area contributed by atoms with Crippen molar-refractivity contribution >= 4 is 16.8 Å². The molecule has 0 aromatic heterocycles. The molecule has 0 heterocycles. The number of aliphatic hydroxyl groups is 3. The summed E-state index contributed by atoms with van der Waals surface area (Å²) in [5, 5.41) is 30.0. The molecule has 0 aliphatic rings. The van der Waals surface area contributed by atoms with Crippen molar-refractivity contribution in [2.45, 2.75) is 89.4 Å². The fraction of sp³-hybridized carbons (Fsp3) is 0.933. The number of hydrogen-bond acceptors (Lipinski definition) is 4. The normalized spacial score (nSPS) is 17.5. The Hall–Kier alpha value is -0.160. The zero-order valence-corrected chi connectivity index (χ0v) is 13.4. The highest BCUT2D eigenvalue weighted by Gasteiger charge is 2.40. The summed E-state index contributed by atoms with van der Waals surface area (Å²) in [5.74, 6) is 0. The van der Waals surface area contributed by atoms with Crippen LogP contribution in [0.2, 0.25) is 0 Å². The Morgan fingerprint density at radius 2 is 1.65 bits per heavy atom. The molecule has 0 saturated heterocycles. The van der Waals surface area contributed by atoms with E-state index in [0.717, 1.165) is 32.1 Å². The standard InChI is InChI=1S/C15H29ClO4/c1-3-5-7-9-12(17)14(19)15(20,11-13(16)18)10-8-6-4-2/h12,14,17,19-20H,3-11H2,1-2H3. The second kappa shape index (κ2) is 10.6. The molecule has 3 N–H and O–H groups in total. The minimum atomic E-state index is -1.63. The Labute approximate surface area is 127 Å². The van der Waals surface area contributed by atoms with Crippen LogP contribution < -0.4 is 0 Å². The molecule has 3 atom stereocenters. The molecule has 0 aromatic rings. The summed E-state index contributed by atoms with van der Waals surface area (Å²) in [6.07, 6.45) is 3.33. The third-order valence-corrected chi connectivity index (χ3v) is 3.81. The molecule has 120 valence electrons. The highest BCUT2D eigenvalue weighted by Crippen LogP contribution is 2.28. The van der Waals surface area contributed by atoms with Gasteiger partial charge in [-0.05, 0) is 24.4 Å². The van der Waals surface area contributed by atoms with Gasteiger partial charge in [0.15, 0.2) is 0 Å². The number of halogens is 1. The molecule has 5 heteroatoms. The lowest BCUT2D eigenvalue weighted by Gasteiger charge is -2.35. The Kier molecular flexibility index (Phi) is 10.5. The molecular weight excluding hydrogens is 280 g/mol. The predicted octanol–water partition coefficient (Wildman–Crippen LogP) is 2.76. The van der Waals surface area contributed by atoms with Crippen molar-refractivity contribution in [3.63, 3.8) is 0 Å². The van der Waals surface area contributed by atoms with Gasteiger partial charge in [-0.25, -0.2) is 0 Å². The van der Waals surface area contributed by atoms with Crippen LogP contribution in [0.1, 0.15) is 71.6 Å². The maximum Gasteiger partial charge on any atom is 0.224 e. The minimum absolute atomic E-state index is 0.269. The summed E-state index contributed by atoms with van der Waals surface area (Å²) in [6, 6.07) is 0. The van der Waals surface area contributed by atoms with Gasteiger partial charge < -0.3 is 15.3 Å². The Morgan fingerprint density at radius 1 is 1.10 bits per heavy atom. The quantitative estimate of drug-likeness (QED) is 0.383. The molecule has 0 saturated carbocycles. The second-order valence-corrected chi connectivity index (χ2v) is 6.02. The molecule has 20 heavy (non-hydrogen) atoms. The van der Waals surface area contributed by atoms with E-state index in [-0.39, 0.29) is 12.8 Å². The average molecular weight is 309 g/mol. The van der Waals surface area contributed by atoms with Gasteiger partial charge in [-0.1, -0.05) is 52.4 Å². The van der Waals surface area contributed by atoms with Crippen LogP contribution in [0.5, 0.6) is 0 Å². The zero-order valence-electron chi connectivity index (χ0n) is 12.6. The van der Waals surface area contributed by atoms with E-state index in [1.54, 1.807) is 0 Å². The highest BCUT2D eigenvalue weighted by atomic mass is 35.5. The molecule has 3 unspecified atom stereocenters. The summed E-state index contributed by atoms with van der Waals surface area (Å²) < 4.78 is 0. The maximum atomic E-state index is 11.1. The van der Waals surface area contributed by atoms with Gasteiger partial charge in [0.2, 0.25) is 5.24 Å². The van der Waals surface area contributed by atoms with Crippen molar-refractivity contribution in [2.75, 3.05) is 0 Å². The zero-order chi connectivity index (χ0) is 15.6. The summed E-state index contributed by atoms with van der Waals surface area (Å²) in [5.41, 5.74) is -1.63. The van der Waals surface area contributed by atoms with Crippen LogP contribution in [0.15, 0.2) is 0 Å². The Morgan fingerprint density at radius 3 is 2.15 bits per heavy atom. The second-order valence-electron chi connectivity index (χ2n) is 5.60. The molecule has 0 rings (SSSR count). The monoisotopic (exact) mass is 308 g/mol. The third kappa shape index (κ3) is 7.58. The fourth-order valence-electron chi connectivity index (χ4n) is 2.38. The predicted molar refractivity (Wildman–Crippen MR) is 80.7 cm³/mol. The topological polar surface area (TPSA) is 77.8 Å². The van der Waals surface area contributed by atoms with Crippen LogP contribution in [0.4, 0.5) is 0 Å². The number of carbonyl (C=O) groups excluding carboxylic acids is 1. The van der Waals surface area contributed by atoms with Gasteiger partial charge >= 0.3 is 0 Å². The van der Waals surface area contributed by atoms with Crippen molar-refractivity contribution in [3.05, 3.63) is 0 Å². The van der Waals surface area contributed by atoms with Crippen LogP contribution in [-0.2, 0) is 4.79 Å². The van der Waals surface area contributed by atoms with E-state index in [0.29, 0.717) is 12.8 Å². The van der Waals surface area contributed by atoms with Gasteiger partial charge in [-0.15, -0.1) is 0 Å². The SMILES string of the molecule is CCCCCC(O)C(O)C(O)(CCCCC)CC(=O)Cl. The fourth-order valence-corrected chi connectivity index (χ4v) is 2.61. The summed E-state index contributed by atoms with van der Waals surface area (Å²) in [4.78, 5) is 11.1. The van der Waals surface area contributed by atoms with Gasteiger partial charge in [0, 0.05) is 0 Å². The summed E-state index contributed by atoms with van der Waals surface area (Å²) >= 11 is 5.36.